The van der Waals surface area contributed by atoms with E-state index in [4.69, 9.17) is 4.74 Å². The molecule has 0 radical (unpaired) electrons. The SMILES string of the molecule is O=C(CC1CC1)N1CC[C@@H]2Oc3ccccc3S(=O)(=O)N(Cc3cccnc3)[C@H]2CC1. The lowest BCUT2D eigenvalue weighted by Gasteiger charge is -2.31. The molecule has 7 nitrogen and oxygen atoms in total. The van der Waals surface area contributed by atoms with Gasteiger partial charge in [-0.1, -0.05) is 18.2 Å². The van der Waals surface area contributed by atoms with Crippen molar-refractivity contribution in [3.63, 3.8) is 0 Å². The Balaban J connectivity index is 1.48. The number of fused-ring (bicyclic) bond motifs is 2. The van der Waals surface area contributed by atoms with E-state index < -0.39 is 10.0 Å². The molecule has 1 saturated heterocycles. The fraction of sp³-hybridized carbons (Fsp3) is 0.478. The summed E-state index contributed by atoms with van der Waals surface area (Å²) >= 11 is 0. The van der Waals surface area contributed by atoms with Crippen molar-refractivity contribution in [2.24, 2.45) is 5.92 Å². The van der Waals surface area contributed by atoms with Crippen LogP contribution < -0.4 is 4.74 Å². The van der Waals surface area contributed by atoms with Crippen molar-refractivity contribution in [1.82, 2.24) is 14.2 Å². The molecule has 1 aromatic carbocycles. The largest absolute Gasteiger partial charge is 0.487 e. The fourth-order valence-corrected chi connectivity index (χ4v) is 6.37. The smallest absolute Gasteiger partial charge is 0.247 e. The predicted molar refractivity (Wildman–Crippen MR) is 115 cm³/mol. The highest BCUT2D eigenvalue weighted by molar-refractivity contribution is 7.89. The van der Waals surface area contributed by atoms with Crippen LogP contribution in [0.2, 0.25) is 0 Å². The molecule has 0 bridgehead atoms. The van der Waals surface area contributed by atoms with Crippen molar-refractivity contribution < 1.29 is 17.9 Å². The number of aromatic nitrogens is 1. The number of nitrogens with zero attached hydrogens (tertiary/aromatic N) is 3. The van der Waals surface area contributed by atoms with Crippen LogP contribution in [0.5, 0.6) is 5.75 Å². The highest BCUT2D eigenvalue weighted by Crippen LogP contribution is 2.38. The maximum absolute atomic E-state index is 13.7. The zero-order valence-corrected chi connectivity index (χ0v) is 18.2. The first-order chi connectivity index (χ1) is 15.0. The van der Waals surface area contributed by atoms with Crippen LogP contribution in [-0.4, -0.2) is 53.7 Å². The van der Waals surface area contributed by atoms with E-state index >= 15 is 0 Å². The van der Waals surface area contributed by atoms with Gasteiger partial charge in [0.2, 0.25) is 15.9 Å². The van der Waals surface area contributed by atoms with Crippen LogP contribution in [-0.2, 0) is 21.4 Å². The minimum atomic E-state index is -3.77. The molecule has 8 heteroatoms. The van der Waals surface area contributed by atoms with Crippen molar-refractivity contribution in [1.29, 1.82) is 0 Å². The van der Waals surface area contributed by atoms with Gasteiger partial charge in [0.15, 0.2) is 0 Å². The van der Waals surface area contributed by atoms with Gasteiger partial charge in [-0.25, -0.2) is 8.42 Å². The van der Waals surface area contributed by atoms with E-state index in [2.05, 4.69) is 4.98 Å². The Morgan fingerprint density at radius 3 is 2.65 bits per heavy atom. The monoisotopic (exact) mass is 441 g/mol. The highest BCUT2D eigenvalue weighted by atomic mass is 32.2. The molecule has 0 N–H and O–H groups in total. The van der Waals surface area contributed by atoms with E-state index in [1.54, 1.807) is 41.0 Å². The third kappa shape index (κ3) is 4.19. The number of likely N-dealkylation sites (tertiary alicyclic amines) is 1. The van der Waals surface area contributed by atoms with Gasteiger partial charge in [-0.3, -0.25) is 9.78 Å². The minimum absolute atomic E-state index is 0.182. The number of ether oxygens (including phenoxy) is 1. The minimum Gasteiger partial charge on any atom is -0.487 e. The number of amides is 1. The average Bonchev–Trinajstić information content (AvgIpc) is 3.60. The van der Waals surface area contributed by atoms with Crippen molar-refractivity contribution in [2.45, 2.75) is 55.7 Å². The van der Waals surface area contributed by atoms with Gasteiger partial charge in [-0.15, -0.1) is 0 Å². The maximum Gasteiger partial charge on any atom is 0.247 e. The Hall–Kier alpha value is -2.45. The molecule has 2 fully saturated rings. The van der Waals surface area contributed by atoms with E-state index in [0.717, 1.165) is 18.4 Å². The number of sulfonamides is 1. The second-order valence-electron chi connectivity index (χ2n) is 8.69. The van der Waals surface area contributed by atoms with Gasteiger partial charge in [-0.2, -0.15) is 4.31 Å². The van der Waals surface area contributed by atoms with Crippen molar-refractivity contribution in [2.75, 3.05) is 13.1 Å². The van der Waals surface area contributed by atoms with E-state index in [1.807, 2.05) is 17.0 Å². The fourth-order valence-electron chi connectivity index (χ4n) is 4.58. The maximum atomic E-state index is 13.7. The Bertz CT molecular complexity index is 1060. The van der Waals surface area contributed by atoms with Crippen molar-refractivity contribution in [3.8, 4) is 5.75 Å². The van der Waals surface area contributed by atoms with Gasteiger partial charge in [0.25, 0.3) is 0 Å². The molecular weight excluding hydrogens is 414 g/mol. The van der Waals surface area contributed by atoms with E-state index in [-0.39, 0.29) is 29.5 Å². The van der Waals surface area contributed by atoms with Crippen molar-refractivity contribution >= 4 is 15.9 Å². The number of hydrogen-bond acceptors (Lipinski definition) is 5. The number of pyridine rings is 1. The average molecular weight is 442 g/mol. The predicted octanol–water partition coefficient (Wildman–Crippen LogP) is 2.82. The molecular formula is C23H27N3O4S. The standard InChI is InChI=1S/C23H27N3O4S/c27-23(14-17-7-8-17)25-12-9-19-20(10-13-25)30-21-5-1-2-6-22(21)31(28,29)26(19)16-18-4-3-11-24-15-18/h1-6,11,15,17,19-20H,7-10,12-14,16H2/t19-,20-/m0/s1. The summed E-state index contributed by atoms with van der Waals surface area (Å²) in [5.74, 6) is 1.11. The highest BCUT2D eigenvalue weighted by Gasteiger charge is 2.44. The molecule has 1 amide bonds. The molecule has 3 aliphatic rings. The lowest BCUT2D eigenvalue weighted by atomic mass is 10.1. The Morgan fingerprint density at radius 1 is 1.06 bits per heavy atom. The van der Waals surface area contributed by atoms with Crippen molar-refractivity contribution in [3.05, 3.63) is 54.4 Å². The first-order valence-corrected chi connectivity index (χ1v) is 12.4. The molecule has 2 atom stereocenters. The number of hydrogen-bond donors (Lipinski definition) is 0. The Kier molecular flexibility index (Phi) is 5.44. The van der Waals surface area contributed by atoms with Crippen LogP contribution in [0.1, 0.15) is 37.7 Å². The molecule has 0 unspecified atom stereocenters. The molecule has 1 aromatic heterocycles. The second-order valence-corrected chi connectivity index (χ2v) is 10.5. The van der Waals surface area contributed by atoms with Gasteiger partial charge in [0.1, 0.15) is 16.7 Å². The van der Waals surface area contributed by atoms with Crippen LogP contribution in [0.4, 0.5) is 0 Å². The molecule has 0 spiro atoms. The van der Waals surface area contributed by atoms with Gasteiger partial charge >= 0.3 is 0 Å². The number of carbonyl (C=O) groups is 1. The molecule has 164 valence electrons. The first kappa shape index (κ1) is 20.5. The number of benzene rings is 1. The van der Waals surface area contributed by atoms with Crippen LogP contribution in [0.15, 0.2) is 53.7 Å². The summed E-state index contributed by atoms with van der Waals surface area (Å²) in [7, 11) is -3.77. The van der Waals surface area contributed by atoms with Crippen LogP contribution in [0, 0.1) is 5.92 Å². The van der Waals surface area contributed by atoms with E-state index in [0.29, 0.717) is 44.0 Å². The van der Waals surface area contributed by atoms with Gasteiger partial charge in [-0.05, 0) is 48.9 Å². The zero-order valence-electron chi connectivity index (χ0n) is 17.4. The molecule has 2 aliphatic heterocycles. The summed E-state index contributed by atoms with van der Waals surface area (Å²) in [6.07, 6.45) is 7.11. The van der Waals surface area contributed by atoms with E-state index in [1.165, 1.54) is 0 Å². The first-order valence-electron chi connectivity index (χ1n) is 11.0. The lowest BCUT2D eigenvalue weighted by molar-refractivity contribution is -0.131. The Labute approximate surface area is 183 Å². The molecule has 31 heavy (non-hydrogen) atoms. The number of carbonyl (C=O) groups excluding carboxylic acids is 1. The molecule has 1 aliphatic carbocycles. The third-order valence-corrected chi connectivity index (χ3v) is 8.38. The Morgan fingerprint density at radius 2 is 1.87 bits per heavy atom. The topological polar surface area (TPSA) is 79.8 Å². The van der Waals surface area contributed by atoms with E-state index in [9.17, 15) is 13.2 Å². The normalized spacial score (nSPS) is 25.5. The second kappa shape index (κ2) is 8.24. The summed E-state index contributed by atoms with van der Waals surface area (Å²) < 4.78 is 35.3. The van der Waals surface area contributed by atoms with Crippen LogP contribution in [0.25, 0.3) is 0 Å². The quantitative estimate of drug-likeness (QED) is 0.729. The summed E-state index contributed by atoms with van der Waals surface area (Å²) in [5.41, 5.74) is 0.829. The summed E-state index contributed by atoms with van der Waals surface area (Å²) in [6.45, 7) is 1.37. The zero-order chi connectivity index (χ0) is 21.4. The molecule has 5 rings (SSSR count). The van der Waals surface area contributed by atoms with Gasteiger partial charge < -0.3 is 9.64 Å². The van der Waals surface area contributed by atoms with Crippen LogP contribution >= 0.6 is 0 Å². The number of rotatable bonds is 4. The molecule has 2 aromatic rings. The number of para-hydroxylation sites is 1. The van der Waals surface area contributed by atoms with Gasteiger partial charge in [0, 0.05) is 44.9 Å². The van der Waals surface area contributed by atoms with Crippen LogP contribution in [0.3, 0.4) is 0 Å². The third-order valence-electron chi connectivity index (χ3n) is 6.47. The summed E-state index contributed by atoms with van der Waals surface area (Å²) in [5, 5.41) is 0. The lowest BCUT2D eigenvalue weighted by Crippen LogP contribution is -2.46. The summed E-state index contributed by atoms with van der Waals surface area (Å²) in [6, 6.07) is 10.2. The summed E-state index contributed by atoms with van der Waals surface area (Å²) in [4.78, 5) is 19.0. The van der Waals surface area contributed by atoms with Gasteiger partial charge in [0.05, 0.1) is 6.04 Å². The molecule has 3 heterocycles. The molecule has 1 saturated carbocycles.